The van der Waals surface area contributed by atoms with Gasteiger partial charge in [0.1, 0.15) is 0 Å². The fourth-order valence-electron chi connectivity index (χ4n) is 2.22. The molecule has 0 fully saturated rings. The second-order valence-corrected chi connectivity index (χ2v) is 5.27. The number of ether oxygens (including phenoxy) is 3. The molecule has 2 aromatic carbocycles. The van der Waals surface area contributed by atoms with Crippen LogP contribution in [0, 0.1) is 0 Å². The molecule has 7 nitrogen and oxygen atoms in total. The fourth-order valence-corrected chi connectivity index (χ4v) is 2.22. The summed E-state index contributed by atoms with van der Waals surface area (Å²) in [5, 5.41) is 3.91. The highest BCUT2D eigenvalue weighted by atomic mass is 16.5. The molecule has 0 aliphatic carbocycles. The first kappa shape index (κ1) is 19.0. The number of methoxy groups -OCH3 is 3. The Hall–Kier alpha value is -3.35. The SMILES string of the molecule is COC(=O)c1ccc(/C=N\NC(=O)Cc2ccc(OC)c(OC)c2)cc1. The molecule has 0 aliphatic heterocycles. The van der Waals surface area contributed by atoms with Gasteiger partial charge < -0.3 is 14.2 Å². The fraction of sp³-hybridized carbons (Fsp3) is 0.211. The third kappa shape index (κ3) is 5.07. The Morgan fingerprint density at radius 3 is 2.31 bits per heavy atom. The Morgan fingerprint density at radius 2 is 1.69 bits per heavy atom. The molecule has 136 valence electrons. The zero-order valence-electron chi connectivity index (χ0n) is 14.8. The van der Waals surface area contributed by atoms with E-state index in [4.69, 9.17) is 9.47 Å². The summed E-state index contributed by atoms with van der Waals surface area (Å²) in [5.74, 6) is 0.494. The summed E-state index contributed by atoms with van der Waals surface area (Å²) in [6.45, 7) is 0. The zero-order chi connectivity index (χ0) is 18.9. The molecule has 0 heterocycles. The van der Waals surface area contributed by atoms with E-state index in [2.05, 4.69) is 15.3 Å². The van der Waals surface area contributed by atoms with Gasteiger partial charge in [-0.1, -0.05) is 18.2 Å². The molecule has 0 radical (unpaired) electrons. The minimum Gasteiger partial charge on any atom is -0.493 e. The monoisotopic (exact) mass is 356 g/mol. The van der Waals surface area contributed by atoms with Crippen LogP contribution in [0.15, 0.2) is 47.6 Å². The molecule has 1 N–H and O–H groups in total. The van der Waals surface area contributed by atoms with E-state index in [1.165, 1.54) is 20.4 Å². The van der Waals surface area contributed by atoms with E-state index in [1.54, 1.807) is 49.6 Å². The number of carbonyl (C=O) groups excluding carboxylic acids is 2. The minimum atomic E-state index is -0.406. The number of hydrogen-bond acceptors (Lipinski definition) is 6. The van der Waals surface area contributed by atoms with Crippen molar-refractivity contribution in [2.24, 2.45) is 5.10 Å². The Morgan fingerprint density at radius 1 is 1.00 bits per heavy atom. The summed E-state index contributed by atoms with van der Waals surface area (Å²) in [6, 6.07) is 11.9. The van der Waals surface area contributed by atoms with Crippen LogP contribution >= 0.6 is 0 Å². The third-order valence-corrected chi connectivity index (χ3v) is 3.55. The van der Waals surface area contributed by atoms with Crippen molar-refractivity contribution in [3.05, 3.63) is 59.2 Å². The van der Waals surface area contributed by atoms with E-state index < -0.39 is 5.97 Å². The van der Waals surface area contributed by atoms with Crippen LogP contribution in [0.2, 0.25) is 0 Å². The van der Waals surface area contributed by atoms with E-state index in [-0.39, 0.29) is 12.3 Å². The van der Waals surface area contributed by atoms with E-state index in [9.17, 15) is 9.59 Å². The molecule has 0 bridgehead atoms. The smallest absolute Gasteiger partial charge is 0.337 e. The van der Waals surface area contributed by atoms with Crippen molar-refractivity contribution < 1.29 is 23.8 Å². The number of esters is 1. The van der Waals surface area contributed by atoms with Crippen LogP contribution in [-0.4, -0.2) is 39.4 Å². The van der Waals surface area contributed by atoms with E-state index >= 15 is 0 Å². The van der Waals surface area contributed by atoms with Crippen LogP contribution in [0.25, 0.3) is 0 Å². The first-order valence-corrected chi connectivity index (χ1v) is 7.78. The zero-order valence-corrected chi connectivity index (χ0v) is 14.8. The van der Waals surface area contributed by atoms with Crippen molar-refractivity contribution in [3.63, 3.8) is 0 Å². The van der Waals surface area contributed by atoms with Crippen molar-refractivity contribution >= 4 is 18.1 Å². The Labute approximate surface area is 151 Å². The number of nitrogens with zero attached hydrogens (tertiary/aromatic N) is 1. The molecule has 0 saturated heterocycles. The quantitative estimate of drug-likeness (QED) is 0.467. The van der Waals surface area contributed by atoms with Crippen LogP contribution in [0.5, 0.6) is 11.5 Å². The Balaban J connectivity index is 1.92. The van der Waals surface area contributed by atoms with Gasteiger partial charge in [0.05, 0.1) is 39.5 Å². The van der Waals surface area contributed by atoms with Crippen LogP contribution in [0.4, 0.5) is 0 Å². The lowest BCUT2D eigenvalue weighted by molar-refractivity contribution is -0.120. The standard InChI is InChI=1S/C19H20N2O5/c1-24-16-9-6-14(10-17(16)25-2)11-18(22)21-20-12-13-4-7-15(8-5-13)19(23)26-3/h4-10,12H,11H2,1-3H3,(H,21,22)/b20-12-. The van der Waals surface area contributed by atoms with Gasteiger partial charge in [-0.3, -0.25) is 4.79 Å². The third-order valence-electron chi connectivity index (χ3n) is 3.55. The lowest BCUT2D eigenvalue weighted by atomic mass is 10.1. The van der Waals surface area contributed by atoms with E-state index in [0.717, 1.165) is 11.1 Å². The average Bonchev–Trinajstić information content (AvgIpc) is 2.67. The maximum Gasteiger partial charge on any atom is 0.337 e. The summed E-state index contributed by atoms with van der Waals surface area (Å²) in [6.07, 6.45) is 1.65. The van der Waals surface area contributed by atoms with E-state index in [0.29, 0.717) is 17.1 Å². The largest absolute Gasteiger partial charge is 0.493 e. The lowest BCUT2D eigenvalue weighted by Crippen LogP contribution is -2.19. The molecule has 0 aliphatic rings. The van der Waals surface area contributed by atoms with Gasteiger partial charge >= 0.3 is 5.97 Å². The lowest BCUT2D eigenvalue weighted by Gasteiger charge is -2.09. The molecule has 7 heteroatoms. The van der Waals surface area contributed by atoms with Gasteiger partial charge in [0.2, 0.25) is 5.91 Å². The van der Waals surface area contributed by atoms with Crippen LogP contribution < -0.4 is 14.9 Å². The Bertz CT molecular complexity index is 800. The number of nitrogens with one attached hydrogen (secondary N) is 1. The number of amides is 1. The molecule has 26 heavy (non-hydrogen) atoms. The summed E-state index contributed by atoms with van der Waals surface area (Å²) in [5.41, 5.74) is 4.42. The number of carbonyl (C=O) groups is 2. The van der Waals surface area contributed by atoms with Crippen LogP contribution in [0.3, 0.4) is 0 Å². The first-order valence-electron chi connectivity index (χ1n) is 7.78. The molecular formula is C19H20N2O5. The topological polar surface area (TPSA) is 86.2 Å². The number of hydrogen-bond donors (Lipinski definition) is 1. The van der Waals surface area contributed by atoms with Gasteiger partial charge in [0.25, 0.3) is 0 Å². The highest BCUT2D eigenvalue weighted by Crippen LogP contribution is 2.27. The predicted octanol–water partition coefficient (Wildman–Crippen LogP) is 2.18. The minimum absolute atomic E-state index is 0.152. The molecule has 0 unspecified atom stereocenters. The molecule has 0 atom stereocenters. The second kappa shape index (κ2) is 9.22. The molecular weight excluding hydrogens is 336 g/mol. The van der Waals surface area contributed by atoms with Gasteiger partial charge in [0, 0.05) is 0 Å². The Kier molecular flexibility index (Phi) is 6.73. The summed E-state index contributed by atoms with van der Waals surface area (Å²) in [4.78, 5) is 23.3. The van der Waals surface area contributed by atoms with Gasteiger partial charge in [-0.2, -0.15) is 5.10 Å². The number of hydrazone groups is 1. The average molecular weight is 356 g/mol. The van der Waals surface area contributed by atoms with Crippen molar-refractivity contribution in [1.29, 1.82) is 0 Å². The van der Waals surface area contributed by atoms with Crippen LogP contribution in [-0.2, 0) is 16.0 Å². The van der Waals surface area contributed by atoms with Gasteiger partial charge in [-0.25, -0.2) is 10.2 Å². The second-order valence-electron chi connectivity index (χ2n) is 5.27. The van der Waals surface area contributed by atoms with Crippen molar-refractivity contribution in [1.82, 2.24) is 5.43 Å². The van der Waals surface area contributed by atoms with Gasteiger partial charge in [-0.05, 0) is 35.4 Å². The summed E-state index contributed by atoms with van der Waals surface area (Å²) >= 11 is 0. The van der Waals surface area contributed by atoms with Crippen LogP contribution in [0.1, 0.15) is 21.5 Å². The van der Waals surface area contributed by atoms with Crippen molar-refractivity contribution in [2.75, 3.05) is 21.3 Å². The normalized spacial score (nSPS) is 10.4. The molecule has 1 amide bonds. The number of benzene rings is 2. The van der Waals surface area contributed by atoms with Gasteiger partial charge in [-0.15, -0.1) is 0 Å². The maximum absolute atomic E-state index is 12.0. The van der Waals surface area contributed by atoms with Crippen molar-refractivity contribution in [3.8, 4) is 11.5 Å². The number of rotatable bonds is 7. The highest BCUT2D eigenvalue weighted by molar-refractivity contribution is 5.90. The van der Waals surface area contributed by atoms with Gasteiger partial charge in [0.15, 0.2) is 11.5 Å². The first-order chi connectivity index (χ1) is 12.6. The molecule has 2 aromatic rings. The summed E-state index contributed by atoms with van der Waals surface area (Å²) < 4.78 is 15.0. The molecule has 0 saturated carbocycles. The predicted molar refractivity (Wildman–Crippen MR) is 96.8 cm³/mol. The van der Waals surface area contributed by atoms with Crippen molar-refractivity contribution in [2.45, 2.75) is 6.42 Å². The molecule has 2 rings (SSSR count). The molecule has 0 aromatic heterocycles. The molecule has 0 spiro atoms. The summed E-state index contributed by atoms with van der Waals surface area (Å²) in [7, 11) is 4.42. The highest BCUT2D eigenvalue weighted by Gasteiger charge is 2.08. The maximum atomic E-state index is 12.0. The van der Waals surface area contributed by atoms with E-state index in [1.807, 2.05) is 0 Å².